The van der Waals surface area contributed by atoms with Crippen molar-refractivity contribution in [2.24, 2.45) is 11.5 Å². The second-order valence-electron chi connectivity index (χ2n) is 5.95. The lowest BCUT2D eigenvalue weighted by Gasteiger charge is -2.23. The van der Waals surface area contributed by atoms with Crippen molar-refractivity contribution in [2.75, 3.05) is 25.2 Å². The van der Waals surface area contributed by atoms with Gasteiger partial charge in [0.25, 0.3) is 0 Å². The van der Waals surface area contributed by atoms with Gasteiger partial charge in [-0.15, -0.1) is 0 Å². The number of rotatable bonds is 14. The first kappa shape index (κ1) is 26.6. The summed E-state index contributed by atoms with van der Waals surface area (Å²) in [5.74, 6) is -4.73. The van der Waals surface area contributed by atoms with Crippen LogP contribution < -0.4 is 27.4 Å². The summed E-state index contributed by atoms with van der Waals surface area (Å²) in [6.07, 6.45) is 1.24. The van der Waals surface area contributed by atoms with Gasteiger partial charge < -0.3 is 42.7 Å². The Morgan fingerprint density at radius 1 is 0.897 bits per heavy atom. The molecule has 0 aliphatic rings. The Hall–Kier alpha value is -2.42. The Labute approximate surface area is 170 Å². The van der Waals surface area contributed by atoms with Crippen LogP contribution in [0.5, 0.6) is 0 Å². The minimum atomic E-state index is -1.54. The number of nitrogens with one attached hydrogen (secondary N) is 3. The quantitative estimate of drug-likeness (QED) is 0.130. The van der Waals surface area contributed by atoms with Crippen molar-refractivity contribution in [3.05, 3.63) is 0 Å². The maximum Gasteiger partial charge on any atom is 0.326 e. The monoisotopic (exact) mass is 437 g/mol. The fourth-order valence-electron chi connectivity index (χ4n) is 2.00. The molecule has 0 rings (SSSR count). The van der Waals surface area contributed by atoms with Gasteiger partial charge in [-0.3, -0.25) is 19.2 Å². The van der Waals surface area contributed by atoms with E-state index in [1.807, 2.05) is 0 Å². The van der Waals surface area contributed by atoms with Gasteiger partial charge in [-0.25, -0.2) is 4.79 Å². The van der Waals surface area contributed by atoms with E-state index in [9.17, 15) is 29.1 Å². The molecule has 0 bridgehead atoms. The zero-order valence-electron chi connectivity index (χ0n) is 15.8. The van der Waals surface area contributed by atoms with Crippen LogP contribution in [0.2, 0.25) is 0 Å². The Kier molecular flexibility index (Phi) is 12.6. The molecule has 0 aromatic heterocycles. The van der Waals surface area contributed by atoms with Gasteiger partial charge in [-0.05, 0) is 18.4 Å². The zero-order valence-corrected chi connectivity index (χ0v) is 16.6. The molecule has 13 nitrogen and oxygen atoms in total. The van der Waals surface area contributed by atoms with Crippen molar-refractivity contribution in [1.29, 1.82) is 0 Å². The van der Waals surface area contributed by atoms with Crippen LogP contribution in [0.15, 0.2) is 0 Å². The number of carbonyl (C=O) groups excluding carboxylic acids is 4. The molecule has 0 aromatic carbocycles. The molecule has 4 unspecified atom stereocenters. The minimum Gasteiger partial charge on any atom is -0.480 e. The number of primary amides is 1. The number of hydrogen-bond donors (Lipinski definition) is 8. The summed E-state index contributed by atoms with van der Waals surface area (Å²) in [6.45, 7) is -1.59. The van der Waals surface area contributed by atoms with Gasteiger partial charge in [0.05, 0.1) is 19.6 Å². The number of amides is 4. The van der Waals surface area contributed by atoms with Crippen molar-refractivity contribution < 1.29 is 39.3 Å². The summed E-state index contributed by atoms with van der Waals surface area (Å²) in [5.41, 5.74) is 10.4. The van der Waals surface area contributed by atoms with Crippen LogP contribution in [0, 0.1) is 0 Å². The van der Waals surface area contributed by atoms with Crippen molar-refractivity contribution in [3.63, 3.8) is 0 Å². The predicted octanol–water partition coefficient (Wildman–Crippen LogP) is -4.53. The van der Waals surface area contributed by atoms with Gasteiger partial charge in [0.2, 0.25) is 23.6 Å². The van der Waals surface area contributed by atoms with E-state index in [4.69, 9.17) is 21.7 Å². The van der Waals surface area contributed by atoms with E-state index in [0.29, 0.717) is 5.75 Å². The molecule has 0 aliphatic carbocycles. The maximum absolute atomic E-state index is 12.3. The highest BCUT2D eigenvalue weighted by Gasteiger charge is 2.30. The van der Waals surface area contributed by atoms with Crippen LogP contribution in [0.3, 0.4) is 0 Å². The number of carboxylic acid groups (broad SMARTS) is 1. The van der Waals surface area contributed by atoms with Crippen LogP contribution >= 0.6 is 11.8 Å². The van der Waals surface area contributed by atoms with E-state index in [1.165, 1.54) is 11.8 Å². The van der Waals surface area contributed by atoms with Crippen molar-refractivity contribution in [2.45, 2.75) is 37.0 Å². The maximum atomic E-state index is 12.3. The number of aliphatic hydroxyl groups is 2. The lowest BCUT2D eigenvalue weighted by atomic mass is 10.1. The van der Waals surface area contributed by atoms with Crippen LogP contribution in [0.25, 0.3) is 0 Å². The van der Waals surface area contributed by atoms with Crippen molar-refractivity contribution in [1.82, 2.24) is 16.0 Å². The molecule has 29 heavy (non-hydrogen) atoms. The number of nitrogens with two attached hydrogens (primary N) is 2. The number of carboxylic acids is 1. The first-order valence-electron chi connectivity index (χ1n) is 8.45. The third-order valence-electron chi connectivity index (χ3n) is 3.61. The van der Waals surface area contributed by atoms with Gasteiger partial charge in [-0.1, -0.05) is 0 Å². The summed E-state index contributed by atoms with van der Waals surface area (Å²) in [4.78, 5) is 58.7. The Morgan fingerprint density at radius 2 is 1.41 bits per heavy atom. The van der Waals surface area contributed by atoms with Gasteiger partial charge in [-0.2, -0.15) is 11.8 Å². The summed E-state index contributed by atoms with van der Waals surface area (Å²) in [6, 6.07) is -5.66. The van der Waals surface area contributed by atoms with Gasteiger partial charge in [0.1, 0.15) is 24.2 Å². The SMILES string of the molecule is CSCCC(NC(=O)C(CO)NC(=O)C(CC(N)=O)NC(=O)C(N)CO)C(=O)O. The fraction of sp³-hybridized carbons (Fsp3) is 0.667. The minimum absolute atomic E-state index is 0.119. The highest BCUT2D eigenvalue weighted by molar-refractivity contribution is 7.98. The summed E-state index contributed by atoms with van der Waals surface area (Å²) in [7, 11) is 0. The molecule has 0 saturated carbocycles. The molecule has 4 atom stereocenters. The molecule has 10 N–H and O–H groups in total. The average molecular weight is 437 g/mol. The molecule has 0 aliphatic heterocycles. The molecule has 0 heterocycles. The molecule has 0 spiro atoms. The summed E-state index contributed by atoms with van der Waals surface area (Å²) < 4.78 is 0. The average Bonchev–Trinajstić information content (AvgIpc) is 2.66. The van der Waals surface area contributed by atoms with Gasteiger partial charge >= 0.3 is 5.97 Å². The second kappa shape index (κ2) is 13.7. The highest BCUT2D eigenvalue weighted by Crippen LogP contribution is 2.02. The number of hydrogen-bond acceptors (Lipinski definition) is 9. The highest BCUT2D eigenvalue weighted by atomic mass is 32.2. The van der Waals surface area contributed by atoms with Crippen LogP contribution in [0.4, 0.5) is 0 Å². The van der Waals surface area contributed by atoms with Gasteiger partial charge in [0.15, 0.2) is 0 Å². The van der Waals surface area contributed by atoms with E-state index in [1.54, 1.807) is 6.26 Å². The molecule has 4 amide bonds. The number of aliphatic carboxylic acids is 1. The topological polar surface area (TPSA) is 234 Å². The number of aliphatic hydroxyl groups excluding tert-OH is 2. The molecule has 0 fully saturated rings. The van der Waals surface area contributed by atoms with E-state index in [2.05, 4.69) is 16.0 Å². The second-order valence-corrected chi connectivity index (χ2v) is 6.93. The summed E-state index contributed by atoms with van der Waals surface area (Å²) >= 11 is 1.37. The van der Waals surface area contributed by atoms with Crippen LogP contribution in [-0.4, -0.2) is 94.3 Å². The zero-order chi connectivity index (χ0) is 22.6. The Morgan fingerprint density at radius 3 is 1.86 bits per heavy atom. The molecule has 0 saturated heterocycles. The molecule has 14 heteroatoms. The molecule has 0 aromatic rings. The fourth-order valence-corrected chi connectivity index (χ4v) is 2.48. The number of carbonyl (C=O) groups is 5. The largest absolute Gasteiger partial charge is 0.480 e. The van der Waals surface area contributed by atoms with Crippen LogP contribution in [0.1, 0.15) is 12.8 Å². The van der Waals surface area contributed by atoms with Crippen molar-refractivity contribution >= 4 is 41.4 Å². The standard InChI is InChI=1S/C15H27N5O8S/c1-29-3-2-8(15(27)28)18-14(26)10(6-22)20-13(25)9(4-11(17)23)19-12(24)7(16)5-21/h7-10,21-22H,2-6,16H2,1H3,(H2,17,23)(H,18,26)(H,19,24)(H,20,25)(H,27,28). The Balaban J connectivity index is 5.16. The molecular weight excluding hydrogens is 410 g/mol. The van der Waals surface area contributed by atoms with E-state index in [-0.39, 0.29) is 6.42 Å². The van der Waals surface area contributed by atoms with Gasteiger partial charge in [0, 0.05) is 0 Å². The molecule has 0 radical (unpaired) electrons. The first-order chi connectivity index (χ1) is 13.6. The first-order valence-corrected chi connectivity index (χ1v) is 9.85. The number of thioether (sulfide) groups is 1. The third kappa shape index (κ3) is 10.1. The van der Waals surface area contributed by atoms with Crippen molar-refractivity contribution in [3.8, 4) is 0 Å². The normalized spacial score (nSPS) is 14.8. The molecule has 166 valence electrons. The Bertz CT molecular complexity index is 605. The third-order valence-corrected chi connectivity index (χ3v) is 4.26. The smallest absolute Gasteiger partial charge is 0.326 e. The van der Waals surface area contributed by atoms with E-state index >= 15 is 0 Å². The molecular formula is C15H27N5O8S. The predicted molar refractivity (Wildman–Crippen MR) is 102 cm³/mol. The lowest BCUT2D eigenvalue weighted by molar-refractivity contribution is -0.142. The van der Waals surface area contributed by atoms with E-state index in [0.717, 1.165) is 0 Å². The van der Waals surface area contributed by atoms with Crippen LogP contribution in [-0.2, 0) is 24.0 Å². The van der Waals surface area contributed by atoms with E-state index < -0.39 is 73.4 Å². The lowest BCUT2D eigenvalue weighted by Crippen LogP contribution is -2.59. The summed E-state index contributed by atoms with van der Waals surface area (Å²) in [5, 5.41) is 33.8.